The number of likely N-dealkylation sites (tertiary alicyclic amines) is 1. The number of nitrogens with one attached hydrogen (secondary N) is 1. The fourth-order valence-electron chi connectivity index (χ4n) is 2.59. The van der Waals surface area contributed by atoms with Crippen LogP contribution in [-0.4, -0.2) is 64.1 Å². The topological polar surface area (TPSA) is 67.3 Å². The summed E-state index contributed by atoms with van der Waals surface area (Å²) in [4.78, 5) is 30.1. The van der Waals surface area contributed by atoms with Crippen LogP contribution < -0.4 is 9.03 Å². The molecule has 0 bridgehead atoms. The van der Waals surface area contributed by atoms with Crippen LogP contribution in [-0.2, 0) is 4.74 Å². The van der Waals surface area contributed by atoms with Crippen molar-refractivity contribution in [1.29, 1.82) is 0 Å². The molecule has 24 heavy (non-hydrogen) atoms. The fourth-order valence-corrected chi connectivity index (χ4v) is 5.21. The van der Waals surface area contributed by atoms with Crippen LogP contribution in [0.2, 0.25) is 14.8 Å². The molecule has 1 saturated heterocycles. The van der Waals surface area contributed by atoms with Crippen LogP contribution in [0.3, 0.4) is 0 Å². The van der Waals surface area contributed by atoms with Crippen molar-refractivity contribution in [3.63, 3.8) is 0 Å². The molecule has 0 aliphatic carbocycles. The maximum atomic E-state index is 12.3. The molecule has 1 aromatic rings. The standard InChI is InChI=1S/C14H21N4O2.3CH3.Sn/c1-14(2,3)20-13(19)18-8-4-5-11(10-18)17-12-9-15-6-7-16-12;;;;/h6,9,11H,4-5,8,10H2,1-3H3,(H,16,17);3*1H3;/t11-;;;;/m1..../s1. The molecule has 1 fully saturated rings. The van der Waals surface area contributed by atoms with Crippen molar-refractivity contribution in [3.05, 3.63) is 12.4 Å². The average molecular weight is 441 g/mol. The van der Waals surface area contributed by atoms with Gasteiger partial charge >= 0.3 is 149 Å². The van der Waals surface area contributed by atoms with E-state index in [4.69, 9.17) is 9.72 Å². The predicted octanol–water partition coefficient (Wildman–Crippen LogP) is 2.83. The summed E-state index contributed by atoms with van der Waals surface area (Å²) in [7, 11) is 0. The summed E-state index contributed by atoms with van der Waals surface area (Å²) in [6, 6.07) is 0.186. The van der Waals surface area contributed by atoms with Gasteiger partial charge in [0.1, 0.15) is 0 Å². The maximum absolute atomic E-state index is 12.3. The van der Waals surface area contributed by atoms with E-state index in [1.54, 1.807) is 11.1 Å². The van der Waals surface area contributed by atoms with Crippen LogP contribution in [0.1, 0.15) is 33.6 Å². The number of amides is 1. The second-order valence-corrected chi connectivity index (χ2v) is 22.8. The molecule has 6 nitrogen and oxygen atoms in total. The first-order valence-electron chi connectivity index (χ1n) is 8.61. The third-order valence-corrected chi connectivity index (χ3v) is 8.90. The number of carbonyl (C=O) groups excluding carboxylic acids is 1. The van der Waals surface area contributed by atoms with Gasteiger partial charge in [-0.1, -0.05) is 0 Å². The van der Waals surface area contributed by atoms with Crippen LogP contribution in [0.25, 0.3) is 0 Å². The first-order valence-corrected chi connectivity index (χ1v) is 18.6. The molecule has 0 unspecified atom stereocenters. The normalized spacial score (nSPS) is 19.1. The molecule has 0 aromatic carbocycles. The van der Waals surface area contributed by atoms with E-state index in [1.807, 2.05) is 27.0 Å². The van der Waals surface area contributed by atoms with Crippen LogP contribution in [0.15, 0.2) is 12.4 Å². The van der Waals surface area contributed by atoms with Crippen molar-refractivity contribution < 1.29 is 9.53 Å². The number of anilines is 1. The number of hydrogen-bond acceptors (Lipinski definition) is 5. The molecular formula is C17H30N4O2Sn. The van der Waals surface area contributed by atoms with Crippen molar-refractivity contribution in [2.45, 2.75) is 60.1 Å². The second kappa shape index (κ2) is 7.45. The molecule has 1 atom stereocenters. The third kappa shape index (κ3) is 5.79. The van der Waals surface area contributed by atoms with Crippen LogP contribution in [0, 0.1) is 0 Å². The zero-order valence-electron chi connectivity index (χ0n) is 15.7. The SMILES string of the molecule is CC(C)(C)OC(=O)N1CCC[C@@H](Nc2cnc[c]([Sn]([CH3])([CH3])[CH3])n2)C1. The van der Waals surface area contributed by atoms with E-state index in [0.29, 0.717) is 6.54 Å². The summed E-state index contributed by atoms with van der Waals surface area (Å²) in [5.41, 5.74) is -0.461. The first kappa shape index (κ1) is 19.3. The molecule has 2 heterocycles. The van der Waals surface area contributed by atoms with Crippen molar-refractivity contribution in [2.24, 2.45) is 0 Å². The van der Waals surface area contributed by atoms with Gasteiger partial charge in [0.05, 0.1) is 0 Å². The molecule has 1 amide bonds. The molecule has 0 radical (unpaired) electrons. The Labute approximate surface area is 149 Å². The number of ether oxygens (including phenoxy) is 1. The molecule has 1 aliphatic heterocycles. The van der Waals surface area contributed by atoms with E-state index < -0.39 is 24.0 Å². The molecule has 2 rings (SSSR count). The molecule has 7 heteroatoms. The molecule has 1 aliphatic rings. The first-order chi connectivity index (χ1) is 11.0. The van der Waals surface area contributed by atoms with Crippen LogP contribution >= 0.6 is 0 Å². The Morgan fingerprint density at radius 3 is 2.67 bits per heavy atom. The summed E-state index contributed by atoms with van der Waals surface area (Å²) in [5.74, 6) is 0.815. The number of piperidine rings is 1. The van der Waals surface area contributed by atoms with Gasteiger partial charge in [-0.2, -0.15) is 0 Å². The van der Waals surface area contributed by atoms with E-state index in [2.05, 4.69) is 25.1 Å². The van der Waals surface area contributed by atoms with E-state index in [1.165, 1.54) is 0 Å². The van der Waals surface area contributed by atoms with Gasteiger partial charge in [0, 0.05) is 0 Å². The summed E-state index contributed by atoms with van der Waals surface area (Å²) in [6.07, 6.45) is 5.41. The van der Waals surface area contributed by atoms with E-state index in [9.17, 15) is 4.79 Å². The van der Waals surface area contributed by atoms with Crippen molar-refractivity contribution in [1.82, 2.24) is 14.9 Å². The third-order valence-electron chi connectivity index (χ3n) is 3.83. The van der Waals surface area contributed by atoms with Crippen molar-refractivity contribution in [3.8, 4) is 0 Å². The number of rotatable bonds is 3. The Kier molecular flexibility index (Phi) is 5.99. The van der Waals surface area contributed by atoms with Gasteiger partial charge in [-0.25, -0.2) is 0 Å². The van der Waals surface area contributed by atoms with Gasteiger partial charge in [-0.3, -0.25) is 0 Å². The van der Waals surface area contributed by atoms with E-state index in [0.717, 1.165) is 28.9 Å². The number of hydrogen-bond donors (Lipinski definition) is 1. The Morgan fingerprint density at radius 1 is 1.33 bits per heavy atom. The minimum atomic E-state index is -2.23. The average Bonchev–Trinajstić information content (AvgIpc) is 2.45. The summed E-state index contributed by atoms with van der Waals surface area (Å²) in [6.45, 7) is 7.06. The van der Waals surface area contributed by atoms with Crippen LogP contribution in [0.5, 0.6) is 0 Å². The quantitative estimate of drug-likeness (QED) is 0.732. The molecule has 0 spiro atoms. The fraction of sp³-hybridized carbons (Fsp3) is 0.706. The summed E-state index contributed by atoms with van der Waals surface area (Å²) < 4.78 is 6.64. The number of carbonyl (C=O) groups is 1. The Hall–Kier alpha value is -1.05. The molecular weight excluding hydrogens is 411 g/mol. The summed E-state index contributed by atoms with van der Waals surface area (Å²) >= 11 is -2.23. The number of aromatic nitrogens is 2. The van der Waals surface area contributed by atoms with Gasteiger partial charge in [-0.15, -0.1) is 0 Å². The second-order valence-electron chi connectivity index (χ2n) is 8.45. The minimum absolute atomic E-state index is 0.186. The number of nitrogens with zero attached hydrogens (tertiary/aromatic N) is 3. The van der Waals surface area contributed by atoms with Gasteiger partial charge in [-0.05, 0) is 0 Å². The molecule has 1 aromatic heterocycles. The van der Waals surface area contributed by atoms with Crippen molar-refractivity contribution in [2.75, 3.05) is 18.4 Å². The summed E-state index contributed by atoms with van der Waals surface area (Å²) in [5, 5.41) is 3.45. The zero-order valence-corrected chi connectivity index (χ0v) is 18.6. The van der Waals surface area contributed by atoms with E-state index >= 15 is 0 Å². The zero-order chi connectivity index (χ0) is 18.0. The Bertz CT molecular complexity index is 581. The predicted molar refractivity (Wildman–Crippen MR) is 99.5 cm³/mol. The Morgan fingerprint density at radius 2 is 2.04 bits per heavy atom. The molecule has 1 N–H and O–H groups in total. The van der Waals surface area contributed by atoms with Crippen molar-refractivity contribution >= 4 is 34.0 Å². The Balaban J connectivity index is 1.99. The van der Waals surface area contributed by atoms with Gasteiger partial charge in [0.15, 0.2) is 0 Å². The monoisotopic (exact) mass is 442 g/mol. The van der Waals surface area contributed by atoms with Gasteiger partial charge < -0.3 is 0 Å². The van der Waals surface area contributed by atoms with E-state index in [-0.39, 0.29) is 12.1 Å². The molecule has 0 saturated carbocycles. The van der Waals surface area contributed by atoms with Gasteiger partial charge in [0.25, 0.3) is 0 Å². The molecule has 134 valence electrons. The van der Waals surface area contributed by atoms with Gasteiger partial charge in [0.2, 0.25) is 0 Å². The van der Waals surface area contributed by atoms with Crippen LogP contribution in [0.4, 0.5) is 10.6 Å².